The van der Waals surface area contributed by atoms with Gasteiger partial charge in [-0.3, -0.25) is 0 Å². The fourth-order valence-electron chi connectivity index (χ4n) is 2.78. The Hall–Kier alpha value is -1.32. The number of aryl methyl sites for hydroxylation is 1. The summed E-state index contributed by atoms with van der Waals surface area (Å²) >= 11 is 0. The average molecular weight is 277 g/mol. The third-order valence-corrected chi connectivity index (χ3v) is 3.86. The van der Waals surface area contributed by atoms with Gasteiger partial charge in [0, 0.05) is 17.8 Å². The molecule has 1 heterocycles. The number of anilines is 1. The second kappa shape index (κ2) is 6.91. The minimum atomic E-state index is 0.133. The molecule has 1 aliphatic rings. The van der Waals surface area contributed by atoms with Crippen LogP contribution in [0, 0.1) is 12.8 Å². The van der Waals surface area contributed by atoms with Crippen molar-refractivity contribution in [2.45, 2.75) is 71.9 Å². The molecule has 0 bridgehead atoms. The van der Waals surface area contributed by atoms with Gasteiger partial charge in [-0.2, -0.15) is 4.98 Å². The summed E-state index contributed by atoms with van der Waals surface area (Å²) in [6, 6.07) is 2.37. The second-order valence-electron chi connectivity index (χ2n) is 6.20. The molecule has 2 unspecified atom stereocenters. The minimum Gasteiger partial charge on any atom is -0.475 e. The van der Waals surface area contributed by atoms with E-state index in [0.717, 1.165) is 5.69 Å². The largest absolute Gasteiger partial charge is 0.475 e. The molecule has 0 saturated heterocycles. The van der Waals surface area contributed by atoms with Crippen molar-refractivity contribution in [3.8, 4) is 5.88 Å². The van der Waals surface area contributed by atoms with E-state index in [0.29, 0.717) is 23.8 Å². The van der Waals surface area contributed by atoms with Crippen LogP contribution >= 0.6 is 0 Å². The van der Waals surface area contributed by atoms with E-state index in [4.69, 9.17) is 4.74 Å². The number of nitrogens with one attached hydrogen (secondary N) is 1. The number of hydrogen-bond donors (Lipinski definition) is 1. The molecule has 2 atom stereocenters. The van der Waals surface area contributed by atoms with E-state index < -0.39 is 0 Å². The molecule has 1 saturated carbocycles. The topological polar surface area (TPSA) is 47.0 Å². The van der Waals surface area contributed by atoms with Gasteiger partial charge in [-0.1, -0.05) is 26.2 Å². The molecule has 1 aliphatic carbocycles. The van der Waals surface area contributed by atoms with Gasteiger partial charge in [-0.25, -0.2) is 4.98 Å². The van der Waals surface area contributed by atoms with E-state index >= 15 is 0 Å². The lowest BCUT2D eigenvalue weighted by Crippen LogP contribution is -2.27. The summed E-state index contributed by atoms with van der Waals surface area (Å²) in [5.74, 6) is 2.05. The van der Waals surface area contributed by atoms with Crippen molar-refractivity contribution in [2.24, 2.45) is 5.92 Å². The Bertz CT molecular complexity index is 434. The quantitative estimate of drug-likeness (QED) is 0.846. The van der Waals surface area contributed by atoms with Crippen LogP contribution in [0.25, 0.3) is 0 Å². The zero-order valence-corrected chi connectivity index (χ0v) is 13.1. The zero-order chi connectivity index (χ0) is 14.5. The van der Waals surface area contributed by atoms with Crippen LogP contribution in [-0.2, 0) is 0 Å². The van der Waals surface area contributed by atoms with Gasteiger partial charge >= 0.3 is 0 Å². The van der Waals surface area contributed by atoms with Gasteiger partial charge in [0.15, 0.2) is 0 Å². The highest BCUT2D eigenvalue weighted by molar-refractivity contribution is 5.32. The molecule has 2 rings (SSSR count). The third kappa shape index (κ3) is 4.36. The van der Waals surface area contributed by atoms with Gasteiger partial charge in [0.2, 0.25) is 11.8 Å². The maximum atomic E-state index is 5.69. The summed E-state index contributed by atoms with van der Waals surface area (Å²) in [6.07, 6.45) is 6.61. The maximum absolute atomic E-state index is 5.69. The molecule has 1 aromatic heterocycles. The number of aromatic nitrogens is 2. The van der Waals surface area contributed by atoms with Gasteiger partial charge in [0.25, 0.3) is 0 Å². The van der Waals surface area contributed by atoms with Gasteiger partial charge in [0.05, 0.1) is 6.10 Å². The summed E-state index contributed by atoms with van der Waals surface area (Å²) in [4.78, 5) is 8.99. The molecule has 4 nitrogen and oxygen atoms in total. The Morgan fingerprint density at radius 2 is 1.95 bits per heavy atom. The maximum Gasteiger partial charge on any atom is 0.226 e. The second-order valence-corrected chi connectivity index (χ2v) is 6.20. The van der Waals surface area contributed by atoms with E-state index in [2.05, 4.69) is 22.2 Å². The SMILES string of the molecule is Cc1cc(OC(C)C)nc(NC2CCCCCC2C)n1. The predicted molar refractivity (Wildman–Crippen MR) is 82.2 cm³/mol. The van der Waals surface area contributed by atoms with E-state index in [1.807, 2.05) is 26.8 Å². The molecule has 20 heavy (non-hydrogen) atoms. The van der Waals surface area contributed by atoms with Gasteiger partial charge in [0.1, 0.15) is 0 Å². The Kier molecular flexibility index (Phi) is 5.21. The average Bonchev–Trinajstić information content (AvgIpc) is 2.53. The van der Waals surface area contributed by atoms with Gasteiger partial charge in [-0.15, -0.1) is 0 Å². The Labute approximate surface area is 122 Å². The van der Waals surface area contributed by atoms with Crippen LogP contribution in [0.5, 0.6) is 5.88 Å². The molecule has 0 amide bonds. The summed E-state index contributed by atoms with van der Waals surface area (Å²) in [5, 5.41) is 3.52. The lowest BCUT2D eigenvalue weighted by atomic mass is 9.97. The lowest BCUT2D eigenvalue weighted by molar-refractivity contribution is 0.232. The molecule has 4 heteroatoms. The summed E-state index contributed by atoms with van der Waals surface area (Å²) in [7, 11) is 0. The summed E-state index contributed by atoms with van der Waals surface area (Å²) in [5.41, 5.74) is 0.944. The van der Waals surface area contributed by atoms with Crippen molar-refractivity contribution < 1.29 is 4.74 Å². The van der Waals surface area contributed by atoms with Crippen LogP contribution < -0.4 is 10.1 Å². The van der Waals surface area contributed by atoms with Crippen molar-refractivity contribution in [3.05, 3.63) is 11.8 Å². The normalized spacial score (nSPS) is 23.4. The fourth-order valence-corrected chi connectivity index (χ4v) is 2.78. The highest BCUT2D eigenvalue weighted by Gasteiger charge is 2.20. The fraction of sp³-hybridized carbons (Fsp3) is 0.750. The van der Waals surface area contributed by atoms with Gasteiger partial charge in [-0.05, 0) is 39.5 Å². The highest BCUT2D eigenvalue weighted by atomic mass is 16.5. The number of nitrogens with zero attached hydrogens (tertiary/aromatic N) is 2. The van der Waals surface area contributed by atoms with Crippen LogP contribution in [0.4, 0.5) is 5.95 Å². The zero-order valence-electron chi connectivity index (χ0n) is 13.1. The monoisotopic (exact) mass is 277 g/mol. The lowest BCUT2D eigenvalue weighted by Gasteiger charge is -2.23. The van der Waals surface area contributed by atoms with Crippen molar-refractivity contribution in [3.63, 3.8) is 0 Å². The Balaban J connectivity index is 2.09. The Morgan fingerprint density at radius 3 is 2.70 bits per heavy atom. The number of rotatable bonds is 4. The Morgan fingerprint density at radius 1 is 1.20 bits per heavy atom. The predicted octanol–water partition coefficient (Wildman–Crippen LogP) is 3.95. The minimum absolute atomic E-state index is 0.133. The molecule has 0 spiro atoms. The van der Waals surface area contributed by atoms with Crippen LogP contribution in [-0.4, -0.2) is 22.1 Å². The first-order valence-electron chi connectivity index (χ1n) is 7.83. The smallest absolute Gasteiger partial charge is 0.226 e. The first-order chi connectivity index (χ1) is 9.54. The van der Waals surface area contributed by atoms with E-state index in [1.54, 1.807) is 0 Å². The molecular formula is C16H27N3O. The van der Waals surface area contributed by atoms with Crippen LogP contribution in [0.3, 0.4) is 0 Å². The van der Waals surface area contributed by atoms with Crippen molar-refractivity contribution in [1.82, 2.24) is 9.97 Å². The van der Waals surface area contributed by atoms with E-state index in [1.165, 1.54) is 32.1 Å². The van der Waals surface area contributed by atoms with Crippen molar-refractivity contribution in [2.75, 3.05) is 5.32 Å². The molecule has 1 aromatic rings. The summed E-state index contributed by atoms with van der Waals surface area (Å²) in [6.45, 7) is 8.33. The number of hydrogen-bond acceptors (Lipinski definition) is 4. The highest BCUT2D eigenvalue weighted by Crippen LogP contribution is 2.25. The molecule has 1 fully saturated rings. The first-order valence-corrected chi connectivity index (χ1v) is 7.83. The standard InChI is InChI=1S/C16H27N3O/c1-11(2)20-15-10-13(4)17-16(19-15)18-14-9-7-5-6-8-12(14)3/h10-12,14H,5-9H2,1-4H3,(H,17,18,19). The van der Waals surface area contributed by atoms with Crippen LogP contribution in [0.1, 0.15) is 58.6 Å². The van der Waals surface area contributed by atoms with E-state index in [9.17, 15) is 0 Å². The van der Waals surface area contributed by atoms with E-state index in [-0.39, 0.29) is 6.10 Å². The van der Waals surface area contributed by atoms with Crippen molar-refractivity contribution >= 4 is 5.95 Å². The first kappa shape index (κ1) is 15.1. The van der Waals surface area contributed by atoms with Crippen molar-refractivity contribution in [1.29, 1.82) is 0 Å². The summed E-state index contributed by atoms with van der Waals surface area (Å²) < 4.78 is 5.69. The molecule has 0 aromatic carbocycles. The molecular weight excluding hydrogens is 250 g/mol. The van der Waals surface area contributed by atoms with Gasteiger partial charge < -0.3 is 10.1 Å². The molecule has 1 N–H and O–H groups in total. The van der Waals surface area contributed by atoms with Crippen LogP contribution in [0.2, 0.25) is 0 Å². The third-order valence-electron chi connectivity index (χ3n) is 3.86. The molecule has 0 radical (unpaired) electrons. The number of ether oxygens (including phenoxy) is 1. The molecule has 0 aliphatic heterocycles. The molecule has 112 valence electrons. The van der Waals surface area contributed by atoms with Crippen LogP contribution in [0.15, 0.2) is 6.07 Å².